The molecular formula is C15H23BrFN3. The highest BCUT2D eigenvalue weighted by molar-refractivity contribution is 9.10. The quantitative estimate of drug-likeness (QED) is 0.891. The summed E-state index contributed by atoms with van der Waals surface area (Å²) in [6, 6.07) is 5.92. The minimum absolute atomic E-state index is 0.166. The van der Waals surface area contributed by atoms with Crippen LogP contribution in [0, 0.1) is 5.82 Å². The summed E-state index contributed by atoms with van der Waals surface area (Å²) in [6.45, 7) is 2.66. The van der Waals surface area contributed by atoms with Crippen LogP contribution < -0.4 is 5.73 Å². The third-order valence-corrected chi connectivity index (χ3v) is 4.56. The molecule has 1 aromatic rings. The van der Waals surface area contributed by atoms with Crippen LogP contribution in [0.3, 0.4) is 0 Å². The molecule has 0 bridgehead atoms. The van der Waals surface area contributed by atoms with E-state index in [-0.39, 0.29) is 11.9 Å². The van der Waals surface area contributed by atoms with Crippen molar-refractivity contribution in [1.82, 2.24) is 9.80 Å². The van der Waals surface area contributed by atoms with E-state index >= 15 is 0 Å². The van der Waals surface area contributed by atoms with Crippen molar-refractivity contribution in [3.05, 3.63) is 34.1 Å². The maximum Gasteiger partial charge on any atom is 0.137 e. The Kier molecular flexibility index (Phi) is 5.55. The fourth-order valence-electron chi connectivity index (χ4n) is 3.07. The maximum atomic E-state index is 13.4. The van der Waals surface area contributed by atoms with Crippen LogP contribution in [0.15, 0.2) is 22.7 Å². The SMILES string of the molecule is CN(C)CC1CCCN1C(CN)c1ccc(F)c(Br)c1. The number of likely N-dealkylation sites (tertiary alicyclic amines) is 1. The van der Waals surface area contributed by atoms with Gasteiger partial charge in [-0.05, 0) is 67.1 Å². The first-order chi connectivity index (χ1) is 9.52. The fourth-order valence-corrected chi connectivity index (χ4v) is 3.46. The summed E-state index contributed by atoms with van der Waals surface area (Å²) in [5.41, 5.74) is 7.09. The molecule has 20 heavy (non-hydrogen) atoms. The molecule has 112 valence electrons. The number of benzene rings is 1. The molecule has 0 radical (unpaired) electrons. The lowest BCUT2D eigenvalue weighted by molar-refractivity contribution is 0.156. The van der Waals surface area contributed by atoms with E-state index in [4.69, 9.17) is 5.73 Å². The number of rotatable bonds is 5. The van der Waals surface area contributed by atoms with Crippen LogP contribution in [0.2, 0.25) is 0 Å². The predicted molar refractivity (Wildman–Crippen MR) is 84.2 cm³/mol. The molecular weight excluding hydrogens is 321 g/mol. The molecule has 1 aliphatic rings. The Morgan fingerprint density at radius 3 is 2.85 bits per heavy atom. The molecule has 2 N–H and O–H groups in total. The minimum Gasteiger partial charge on any atom is -0.329 e. The third-order valence-electron chi connectivity index (χ3n) is 3.95. The Bertz CT molecular complexity index is 453. The Labute approximate surface area is 129 Å². The van der Waals surface area contributed by atoms with E-state index in [1.54, 1.807) is 0 Å². The minimum atomic E-state index is -0.226. The van der Waals surface area contributed by atoms with E-state index in [0.717, 1.165) is 18.7 Å². The number of hydrogen-bond acceptors (Lipinski definition) is 3. The zero-order valence-electron chi connectivity index (χ0n) is 12.1. The second-order valence-electron chi connectivity index (χ2n) is 5.72. The number of halogens is 2. The van der Waals surface area contributed by atoms with Gasteiger partial charge in [-0.2, -0.15) is 0 Å². The van der Waals surface area contributed by atoms with E-state index < -0.39 is 0 Å². The van der Waals surface area contributed by atoms with E-state index in [0.29, 0.717) is 17.1 Å². The second kappa shape index (κ2) is 6.98. The van der Waals surface area contributed by atoms with E-state index in [9.17, 15) is 4.39 Å². The lowest BCUT2D eigenvalue weighted by atomic mass is 10.0. The first-order valence-corrected chi connectivity index (χ1v) is 7.87. The van der Waals surface area contributed by atoms with Gasteiger partial charge in [0.1, 0.15) is 5.82 Å². The number of hydrogen-bond donors (Lipinski definition) is 1. The standard InChI is InChI=1S/C15H23BrFN3/c1-19(2)10-12-4-3-7-20(12)15(9-18)11-5-6-14(17)13(16)8-11/h5-6,8,12,15H,3-4,7,9-10,18H2,1-2H3. The van der Waals surface area contributed by atoms with E-state index in [2.05, 4.69) is 39.8 Å². The van der Waals surface area contributed by atoms with Gasteiger partial charge in [0.15, 0.2) is 0 Å². The zero-order chi connectivity index (χ0) is 14.7. The first kappa shape index (κ1) is 15.9. The molecule has 2 unspecified atom stereocenters. The average molecular weight is 344 g/mol. The summed E-state index contributed by atoms with van der Waals surface area (Å²) >= 11 is 3.26. The van der Waals surface area contributed by atoms with Gasteiger partial charge in [0, 0.05) is 25.2 Å². The Morgan fingerprint density at radius 2 is 2.25 bits per heavy atom. The van der Waals surface area contributed by atoms with Crippen LogP contribution in [-0.2, 0) is 0 Å². The summed E-state index contributed by atoms with van der Waals surface area (Å²) < 4.78 is 13.9. The van der Waals surface area contributed by atoms with E-state index in [1.165, 1.54) is 18.9 Å². The second-order valence-corrected chi connectivity index (χ2v) is 6.58. The molecule has 5 heteroatoms. The van der Waals surface area contributed by atoms with Crippen molar-refractivity contribution in [3.8, 4) is 0 Å². The molecule has 0 spiro atoms. The van der Waals surface area contributed by atoms with Gasteiger partial charge < -0.3 is 10.6 Å². The fraction of sp³-hybridized carbons (Fsp3) is 0.600. The lowest BCUT2D eigenvalue weighted by Gasteiger charge is -2.34. The average Bonchev–Trinajstić information content (AvgIpc) is 2.82. The van der Waals surface area contributed by atoms with Crippen LogP contribution in [0.25, 0.3) is 0 Å². The Balaban J connectivity index is 2.20. The topological polar surface area (TPSA) is 32.5 Å². The summed E-state index contributed by atoms with van der Waals surface area (Å²) in [5.74, 6) is -0.226. The molecule has 3 nitrogen and oxygen atoms in total. The summed E-state index contributed by atoms with van der Waals surface area (Å²) in [6.07, 6.45) is 2.41. The molecule has 1 aliphatic heterocycles. The van der Waals surface area contributed by atoms with Crippen LogP contribution in [0.1, 0.15) is 24.4 Å². The van der Waals surface area contributed by atoms with Crippen LogP contribution in [-0.4, -0.2) is 49.6 Å². The normalized spacial score (nSPS) is 21.6. The van der Waals surface area contributed by atoms with Gasteiger partial charge in [-0.25, -0.2) is 4.39 Å². The molecule has 2 rings (SSSR count). The van der Waals surface area contributed by atoms with E-state index in [1.807, 2.05) is 12.1 Å². The van der Waals surface area contributed by atoms with Gasteiger partial charge in [0.25, 0.3) is 0 Å². The monoisotopic (exact) mass is 343 g/mol. The van der Waals surface area contributed by atoms with Crippen LogP contribution in [0.4, 0.5) is 4.39 Å². The van der Waals surface area contributed by atoms with Gasteiger partial charge in [-0.3, -0.25) is 4.90 Å². The Hall–Kier alpha value is -0.490. The molecule has 2 atom stereocenters. The first-order valence-electron chi connectivity index (χ1n) is 7.08. The summed E-state index contributed by atoms with van der Waals surface area (Å²) in [7, 11) is 4.20. The highest BCUT2D eigenvalue weighted by Gasteiger charge is 2.31. The van der Waals surface area contributed by atoms with Gasteiger partial charge >= 0.3 is 0 Å². The third kappa shape index (κ3) is 3.58. The highest BCUT2D eigenvalue weighted by Crippen LogP contribution is 2.31. The zero-order valence-corrected chi connectivity index (χ0v) is 13.7. The summed E-state index contributed by atoms with van der Waals surface area (Å²) in [4.78, 5) is 4.69. The van der Waals surface area contributed by atoms with Gasteiger partial charge in [-0.1, -0.05) is 6.07 Å². The molecule has 1 fully saturated rings. The molecule has 1 heterocycles. The number of nitrogens with zero attached hydrogens (tertiary/aromatic N) is 2. The van der Waals surface area contributed by atoms with Crippen molar-refractivity contribution in [1.29, 1.82) is 0 Å². The molecule has 1 aromatic carbocycles. The van der Waals surface area contributed by atoms with Crippen LogP contribution in [0.5, 0.6) is 0 Å². The Morgan fingerprint density at radius 1 is 1.50 bits per heavy atom. The molecule has 0 amide bonds. The summed E-state index contributed by atoms with van der Waals surface area (Å²) in [5, 5.41) is 0. The largest absolute Gasteiger partial charge is 0.329 e. The van der Waals surface area contributed by atoms with Crippen molar-refractivity contribution >= 4 is 15.9 Å². The van der Waals surface area contributed by atoms with Gasteiger partial charge in [0.05, 0.1) is 4.47 Å². The van der Waals surface area contributed by atoms with Crippen LogP contribution >= 0.6 is 15.9 Å². The van der Waals surface area contributed by atoms with Crippen molar-refractivity contribution in [2.45, 2.75) is 24.9 Å². The smallest absolute Gasteiger partial charge is 0.137 e. The lowest BCUT2D eigenvalue weighted by Crippen LogP contribution is -2.42. The number of nitrogens with two attached hydrogens (primary N) is 1. The van der Waals surface area contributed by atoms with Crippen molar-refractivity contribution < 1.29 is 4.39 Å². The van der Waals surface area contributed by atoms with Crippen molar-refractivity contribution in [3.63, 3.8) is 0 Å². The molecule has 0 aliphatic carbocycles. The molecule has 0 saturated carbocycles. The molecule has 0 aromatic heterocycles. The van der Waals surface area contributed by atoms with Gasteiger partial charge in [0.2, 0.25) is 0 Å². The highest BCUT2D eigenvalue weighted by atomic mass is 79.9. The maximum absolute atomic E-state index is 13.4. The molecule has 1 saturated heterocycles. The van der Waals surface area contributed by atoms with Crippen molar-refractivity contribution in [2.75, 3.05) is 33.7 Å². The van der Waals surface area contributed by atoms with Gasteiger partial charge in [-0.15, -0.1) is 0 Å². The number of likely N-dealkylation sites (N-methyl/N-ethyl adjacent to an activating group) is 1. The predicted octanol–water partition coefficient (Wildman–Crippen LogP) is 2.61. The van der Waals surface area contributed by atoms with Crippen molar-refractivity contribution in [2.24, 2.45) is 5.73 Å².